The van der Waals surface area contributed by atoms with Crippen LogP contribution in [0.15, 0.2) is 42.7 Å². The molecule has 0 unspecified atom stereocenters. The molecule has 0 fully saturated rings. The van der Waals surface area contributed by atoms with E-state index in [0.29, 0.717) is 5.82 Å². The van der Waals surface area contributed by atoms with E-state index in [1.807, 2.05) is 37.5 Å². The monoisotopic (exact) mass is 224 g/mol. The van der Waals surface area contributed by atoms with Crippen molar-refractivity contribution in [1.29, 1.82) is 0 Å². The summed E-state index contributed by atoms with van der Waals surface area (Å²) in [5, 5.41) is 4.15. The Hall–Kier alpha value is -2.36. The average Bonchev–Trinajstić information content (AvgIpc) is 2.68. The van der Waals surface area contributed by atoms with Gasteiger partial charge in [-0.05, 0) is 42.3 Å². The first-order valence-corrected chi connectivity index (χ1v) is 5.40. The highest BCUT2D eigenvalue weighted by Crippen LogP contribution is 2.21. The van der Waals surface area contributed by atoms with Crippen LogP contribution in [0.25, 0.3) is 16.6 Å². The zero-order valence-corrected chi connectivity index (χ0v) is 9.46. The Bertz CT molecular complexity index is 685. The second kappa shape index (κ2) is 3.59. The normalized spacial score (nSPS) is 10.9. The summed E-state index contributed by atoms with van der Waals surface area (Å²) in [5.74, 6) is 0.535. The first-order chi connectivity index (χ1) is 8.22. The van der Waals surface area contributed by atoms with E-state index in [4.69, 9.17) is 5.73 Å². The molecule has 0 aliphatic carbocycles. The maximum atomic E-state index is 5.66. The number of hydrogen-bond acceptors (Lipinski definition) is 3. The predicted molar refractivity (Wildman–Crippen MR) is 67.6 cm³/mol. The molecule has 4 heteroatoms. The molecule has 17 heavy (non-hydrogen) atoms. The molecule has 4 nitrogen and oxygen atoms in total. The van der Waals surface area contributed by atoms with Gasteiger partial charge in [0.25, 0.3) is 0 Å². The number of nitrogens with two attached hydrogens (primary N) is 1. The van der Waals surface area contributed by atoms with Crippen molar-refractivity contribution in [3.05, 3.63) is 48.4 Å². The summed E-state index contributed by atoms with van der Waals surface area (Å²) in [6, 6.07) is 10.0. The molecule has 0 saturated carbocycles. The summed E-state index contributed by atoms with van der Waals surface area (Å²) in [6.45, 7) is 1.98. The summed E-state index contributed by atoms with van der Waals surface area (Å²) in [5.41, 5.74) is 9.96. The lowest BCUT2D eigenvalue weighted by Gasteiger charge is -2.02. The van der Waals surface area contributed by atoms with Crippen LogP contribution in [0.3, 0.4) is 0 Å². The Kier molecular flexibility index (Phi) is 2.08. The minimum Gasteiger partial charge on any atom is -0.382 e. The van der Waals surface area contributed by atoms with Crippen molar-refractivity contribution in [3.63, 3.8) is 0 Å². The quantitative estimate of drug-likeness (QED) is 0.690. The summed E-state index contributed by atoms with van der Waals surface area (Å²) < 4.78 is 1.77. The molecule has 3 heterocycles. The van der Waals surface area contributed by atoms with Crippen LogP contribution < -0.4 is 5.73 Å². The van der Waals surface area contributed by atoms with Crippen LogP contribution in [0.4, 0.5) is 5.82 Å². The van der Waals surface area contributed by atoms with Crippen molar-refractivity contribution < 1.29 is 0 Å². The van der Waals surface area contributed by atoms with Gasteiger partial charge >= 0.3 is 0 Å². The van der Waals surface area contributed by atoms with Gasteiger partial charge in [0.2, 0.25) is 0 Å². The van der Waals surface area contributed by atoms with Gasteiger partial charge in [-0.2, -0.15) is 5.10 Å². The molecule has 0 atom stereocenters. The van der Waals surface area contributed by atoms with Gasteiger partial charge in [0.1, 0.15) is 5.82 Å². The Morgan fingerprint density at radius 3 is 2.76 bits per heavy atom. The van der Waals surface area contributed by atoms with Crippen LogP contribution in [0.2, 0.25) is 0 Å². The summed E-state index contributed by atoms with van der Waals surface area (Å²) in [7, 11) is 0. The molecule has 2 N–H and O–H groups in total. The molecule has 0 bridgehead atoms. The highest BCUT2D eigenvalue weighted by Gasteiger charge is 2.02. The second-order valence-electron chi connectivity index (χ2n) is 4.04. The van der Waals surface area contributed by atoms with Gasteiger partial charge in [-0.1, -0.05) is 0 Å². The number of nitrogen functional groups attached to an aromatic ring is 1. The fraction of sp³-hybridized carbons (Fsp3) is 0.0769. The lowest BCUT2D eigenvalue weighted by atomic mass is 10.1. The molecule has 0 aliphatic heterocycles. The SMILES string of the molecule is Cc1cc(-c2ccn3nc(N)cc3c2)ccn1. The molecular formula is C13H12N4. The van der Waals surface area contributed by atoms with Crippen molar-refractivity contribution in [2.24, 2.45) is 0 Å². The highest BCUT2D eigenvalue weighted by molar-refractivity contribution is 5.69. The number of fused-ring (bicyclic) bond motifs is 1. The third-order valence-corrected chi connectivity index (χ3v) is 2.71. The van der Waals surface area contributed by atoms with Crippen LogP contribution in [0, 0.1) is 6.92 Å². The number of hydrogen-bond donors (Lipinski definition) is 1. The predicted octanol–water partition coefficient (Wildman–Crippen LogP) is 2.29. The molecule has 3 aromatic heterocycles. The van der Waals surface area contributed by atoms with E-state index in [-0.39, 0.29) is 0 Å². The average molecular weight is 224 g/mol. The maximum Gasteiger partial charge on any atom is 0.146 e. The van der Waals surface area contributed by atoms with E-state index in [2.05, 4.69) is 22.2 Å². The first kappa shape index (κ1) is 9.84. The van der Waals surface area contributed by atoms with E-state index in [0.717, 1.165) is 22.3 Å². The maximum absolute atomic E-state index is 5.66. The van der Waals surface area contributed by atoms with E-state index in [9.17, 15) is 0 Å². The molecule has 3 rings (SSSR count). The molecule has 84 valence electrons. The number of nitrogens with zero attached hydrogens (tertiary/aromatic N) is 3. The molecule has 0 amide bonds. The fourth-order valence-electron chi connectivity index (χ4n) is 1.92. The van der Waals surface area contributed by atoms with Crippen LogP contribution >= 0.6 is 0 Å². The third kappa shape index (κ3) is 1.73. The van der Waals surface area contributed by atoms with Crippen LogP contribution in [0.5, 0.6) is 0 Å². The number of anilines is 1. The van der Waals surface area contributed by atoms with Gasteiger partial charge in [-0.25, -0.2) is 4.52 Å². The fourth-order valence-corrected chi connectivity index (χ4v) is 1.92. The Labute approximate surface area is 98.7 Å². The number of aryl methyl sites for hydroxylation is 1. The molecule has 0 radical (unpaired) electrons. The van der Waals surface area contributed by atoms with Gasteiger partial charge in [-0.3, -0.25) is 4.98 Å². The zero-order chi connectivity index (χ0) is 11.8. The molecule has 3 aromatic rings. The van der Waals surface area contributed by atoms with Gasteiger partial charge < -0.3 is 5.73 Å². The Balaban J connectivity index is 2.17. The molecular weight excluding hydrogens is 212 g/mol. The highest BCUT2D eigenvalue weighted by atomic mass is 15.2. The number of aromatic nitrogens is 3. The van der Waals surface area contributed by atoms with Crippen LogP contribution in [-0.2, 0) is 0 Å². The summed E-state index contributed by atoms with van der Waals surface area (Å²) >= 11 is 0. The van der Waals surface area contributed by atoms with E-state index < -0.39 is 0 Å². The van der Waals surface area contributed by atoms with Crippen molar-refractivity contribution in [3.8, 4) is 11.1 Å². The molecule has 0 saturated heterocycles. The molecule has 0 spiro atoms. The minimum absolute atomic E-state index is 0.535. The van der Waals surface area contributed by atoms with Crippen molar-refractivity contribution in [2.75, 3.05) is 5.73 Å². The van der Waals surface area contributed by atoms with Crippen molar-refractivity contribution in [1.82, 2.24) is 14.6 Å². The lowest BCUT2D eigenvalue weighted by molar-refractivity contribution is 0.968. The minimum atomic E-state index is 0.535. The molecule has 0 aromatic carbocycles. The molecule has 0 aliphatic rings. The van der Waals surface area contributed by atoms with Crippen molar-refractivity contribution >= 4 is 11.3 Å². The smallest absolute Gasteiger partial charge is 0.146 e. The second-order valence-corrected chi connectivity index (χ2v) is 4.04. The van der Waals surface area contributed by atoms with Gasteiger partial charge in [0, 0.05) is 24.2 Å². The zero-order valence-electron chi connectivity index (χ0n) is 9.46. The van der Waals surface area contributed by atoms with E-state index >= 15 is 0 Å². The largest absolute Gasteiger partial charge is 0.382 e. The summed E-state index contributed by atoms with van der Waals surface area (Å²) in [4.78, 5) is 4.19. The van der Waals surface area contributed by atoms with Crippen molar-refractivity contribution in [2.45, 2.75) is 6.92 Å². The topological polar surface area (TPSA) is 56.2 Å². The van der Waals surface area contributed by atoms with Gasteiger partial charge in [-0.15, -0.1) is 0 Å². The van der Waals surface area contributed by atoms with Gasteiger partial charge in [0.15, 0.2) is 0 Å². The standard InChI is InChI=1S/C13H12N4/c1-9-6-10(2-4-15-9)11-3-5-17-12(7-11)8-13(14)16-17/h2-8H,1H3,(H2,14,16). The third-order valence-electron chi connectivity index (χ3n) is 2.71. The van der Waals surface area contributed by atoms with Crippen LogP contribution in [0.1, 0.15) is 5.69 Å². The summed E-state index contributed by atoms with van der Waals surface area (Å²) in [6.07, 6.45) is 3.73. The Morgan fingerprint density at radius 1 is 1.12 bits per heavy atom. The lowest BCUT2D eigenvalue weighted by Crippen LogP contribution is -1.89. The first-order valence-electron chi connectivity index (χ1n) is 5.40. The van der Waals surface area contributed by atoms with E-state index in [1.165, 1.54) is 0 Å². The number of pyridine rings is 2. The van der Waals surface area contributed by atoms with Gasteiger partial charge in [0.05, 0.1) is 5.52 Å². The Morgan fingerprint density at radius 2 is 1.94 bits per heavy atom. The van der Waals surface area contributed by atoms with Crippen LogP contribution in [-0.4, -0.2) is 14.6 Å². The van der Waals surface area contributed by atoms with E-state index in [1.54, 1.807) is 4.52 Å². The number of rotatable bonds is 1.